The van der Waals surface area contributed by atoms with Crippen LogP contribution in [0.3, 0.4) is 0 Å². The number of hydrogen-bond donors (Lipinski definition) is 0. The van der Waals surface area contributed by atoms with E-state index >= 15 is 0 Å². The SMILES string of the molecule is C=C[CH2][Co+].CCCCCCCCCCCC(=O)[O-]. The Kier molecular flexibility index (Phi) is 21.2. The third kappa shape index (κ3) is 24.8. The van der Waals surface area contributed by atoms with Crippen LogP contribution in [0, 0.1) is 0 Å². The van der Waals surface area contributed by atoms with Crippen molar-refractivity contribution in [2.45, 2.75) is 76.5 Å². The van der Waals surface area contributed by atoms with Crippen LogP contribution in [0.25, 0.3) is 0 Å². The first-order valence-electron chi connectivity index (χ1n) is 7.02. The molecule has 0 radical (unpaired) electrons. The number of carboxylic acids is 1. The molecule has 0 aromatic carbocycles. The number of aliphatic carboxylic acids is 1. The number of carboxylic acid groups (broad SMARTS) is 1. The van der Waals surface area contributed by atoms with Crippen molar-refractivity contribution in [2.24, 2.45) is 0 Å². The second-order valence-electron chi connectivity index (χ2n) is 4.38. The zero-order valence-electron chi connectivity index (χ0n) is 11.7. The molecular weight excluding hydrogens is 271 g/mol. The van der Waals surface area contributed by atoms with Crippen LogP contribution < -0.4 is 5.11 Å². The first-order chi connectivity index (χ1) is 8.68. The van der Waals surface area contributed by atoms with Gasteiger partial charge in [-0.1, -0.05) is 58.3 Å². The van der Waals surface area contributed by atoms with E-state index < -0.39 is 5.97 Å². The number of allylic oxidation sites excluding steroid dienone is 1. The molecule has 3 heteroatoms. The molecule has 2 nitrogen and oxygen atoms in total. The second kappa shape index (κ2) is 19.1. The van der Waals surface area contributed by atoms with Gasteiger partial charge in [-0.05, 0) is 12.8 Å². The fourth-order valence-electron chi connectivity index (χ4n) is 1.58. The Balaban J connectivity index is 0. The van der Waals surface area contributed by atoms with Crippen molar-refractivity contribution in [3.8, 4) is 0 Å². The summed E-state index contributed by atoms with van der Waals surface area (Å²) in [5.41, 5.74) is 0. The van der Waals surface area contributed by atoms with Gasteiger partial charge in [0.1, 0.15) is 0 Å². The molecule has 0 saturated carbocycles. The number of carbonyl (C=O) groups is 1. The minimum absolute atomic E-state index is 0.232. The third-order valence-corrected chi connectivity index (χ3v) is 2.88. The van der Waals surface area contributed by atoms with E-state index in [0.29, 0.717) is 0 Å². The zero-order chi connectivity index (χ0) is 14.1. The Morgan fingerprint density at radius 2 is 1.44 bits per heavy atom. The van der Waals surface area contributed by atoms with Crippen molar-refractivity contribution in [3.63, 3.8) is 0 Å². The van der Waals surface area contributed by atoms with Gasteiger partial charge in [0.25, 0.3) is 0 Å². The van der Waals surface area contributed by atoms with Gasteiger partial charge >= 0.3 is 33.7 Å². The van der Waals surface area contributed by atoms with Gasteiger partial charge in [-0.15, -0.1) is 0 Å². The molecule has 109 valence electrons. The number of carbonyl (C=O) groups excluding carboxylic acids is 1. The van der Waals surface area contributed by atoms with Crippen LogP contribution in [-0.4, -0.2) is 5.97 Å². The number of unbranched alkanes of at least 4 members (excludes halogenated alkanes) is 8. The summed E-state index contributed by atoms with van der Waals surface area (Å²) in [7, 11) is 0. The maximum absolute atomic E-state index is 10.1. The predicted molar refractivity (Wildman–Crippen MR) is 71.9 cm³/mol. The number of hydrogen-bond acceptors (Lipinski definition) is 2. The van der Waals surface area contributed by atoms with Crippen LogP contribution >= 0.6 is 0 Å². The summed E-state index contributed by atoms with van der Waals surface area (Å²) in [6.07, 6.45) is 12.9. The maximum Gasteiger partial charge on any atom is 0.0414 e. The minimum atomic E-state index is -0.909. The molecule has 0 amide bonds. The average molecular weight is 299 g/mol. The molecule has 0 atom stereocenters. The summed E-state index contributed by atoms with van der Waals surface area (Å²) in [6, 6.07) is 0. The second-order valence-corrected chi connectivity index (χ2v) is 4.80. The Morgan fingerprint density at radius 1 is 1.06 bits per heavy atom. The average Bonchev–Trinajstić information content (AvgIpc) is 2.37. The molecule has 0 bridgehead atoms. The van der Waals surface area contributed by atoms with Crippen molar-refractivity contribution < 1.29 is 25.6 Å². The van der Waals surface area contributed by atoms with Gasteiger partial charge in [-0.2, -0.15) is 0 Å². The molecule has 0 aromatic rings. The van der Waals surface area contributed by atoms with Crippen molar-refractivity contribution in [3.05, 3.63) is 12.7 Å². The van der Waals surface area contributed by atoms with E-state index in [0.717, 1.165) is 18.2 Å². The van der Waals surface area contributed by atoms with Crippen molar-refractivity contribution in [1.29, 1.82) is 0 Å². The van der Waals surface area contributed by atoms with E-state index in [9.17, 15) is 9.90 Å². The standard InChI is InChI=1S/C12H24O2.C3H5.Co/c1-2-3-4-5-6-7-8-9-10-11-12(13)14;1-3-2;/h2-11H2,1H3,(H,13,14);3H,1-2H2;/q;;+1/p-1. The molecule has 0 saturated heterocycles. The van der Waals surface area contributed by atoms with E-state index in [2.05, 4.69) is 29.2 Å². The summed E-state index contributed by atoms with van der Waals surface area (Å²) in [5, 5.41) is 10.9. The van der Waals surface area contributed by atoms with Gasteiger partial charge in [-0.3, -0.25) is 0 Å². The molecule has 0 spiro atoms. The first kappa shape index (κ1) is 20.0. The topological polar surface area (TPSA) is 40.1 Å². The molecule has 18 heavy (non-hydrogen) atoms. The van der Waals surface area contributed by atoms with Crippen LogP contribution in [0.1, 0.15) is 71.1 Å². The van der Waals surface area contributed by atoms with Gasteiger partial charge in [0.2, 0.25) is 0 Å². The quantitative estimate of drug-likeness (QED) is 0.430. The fourth-order valence-corrected chi connectivity index (χ4v) is 1.58. The number of rotatable bonds is 11. The Hall–Kier alpha value is -0.284. The molecule has 0 fully saturated rings. The molecular formula is C15H28CoO2. The van der Waals surface area contributed by atoms with Gasteiger partial charge < -0.3 is 9.90 Å². The molecule has 0 aromatic heterocycles. The molecule has 0 aliphatic carbocycles. The van der Waals surface area contributed by atoms with Crippen LogP contribution in [0.4, 0.5) is 0 Å². The van der Waals surface area contributed by atoms with E-state index in [1.54, 1.807) is 6.08 Å². The van der Waals surface area contributed by atoms with Crippen LogP contribution in [0.5, 0.6) is 0 Å². The van der Waals surface area contributed by atoms with Crippen LogP contribution in [0.15, 0.2) is 12.7 Å². The predicted octanol–water partition coefficient (Wildman–Crippen LogP) is 3.79. The van der Waals surface area contributed by atoms with Crippen molar-refractivity contribution >= 4 is 5.97 Å². The monoisotopic (exact) mass is 299 g/mol. The van der Waals surface area contributed by atoms with E-state index in [4.69, 9.17) is 0 Å². The summed E-state index contributed by atoms with van der Waals surface area (Å²) >= 11 is 3.84. The van der Waals surface area contributed by atoms with E-state index in [1.165, 1.54) is 44.9 Å². The van der Waals surface area contributed by atoms with Gasteiger partial charge in [-0.25, -0.2) is 0 Å². The smallest absolute Gasteiger partial charge is 0.0414 e. The molecule has 0 aliphatic heterocycles. The molecule has 0 aliphatic rings. The Morgan fingerprint density at radius 3 is 1.78 bits per heavy atom. The van der Waals surface area contributed by atoms with Gasteiger partial charge in [0.05, 0.1) is 0 Å². The molecule has 0 rings (SSSR count). The van der Waals surface area contributed by atoms with Gasteiger partial charge in [0.15, 0.2) is 0 Å². The van der Waals surface area contributed by atoms with E-state index in [1.807, 2.05) is 0 Å². The fraction of sp³-hybridized carbons (Fsp3) is 0.800. The normalized spacial score (nSPS) is 9.44. The van der Waals surface area contributed by atoms with Crippen LogP contribution in [-0.2, 0) is 20.5 Å². The minimum Gasteiger partial charge on any atom is -0.550 e. The van der Waals surface area contributed by atoms with Crippen LogP contribution in [0.2, 0.25) is 5.36 Å². The first-order valence-corrected chi connectivity index (χ1v) is 7.76. The van der Waals surface area contributed by atoms with Gasteiger partial charge in [0, 0.05) is 5.97 Å². The summed E-state index contributed by atoms with van der Waals surface area (Å²) in [4.78, 5) is 10.1. The van der Waals surface area contributed by atoms with Crippen molar-refractivity contribution in [1.82, 2.24) is 0 Å². The van der Waals surface area contributed by atoms with E-state index in [-0.39, 0.29) is 6.42 Å². The zero-order valence-corrected chi connectivity index (χ0v) is 12.8. The third-order valence-electron chi connectivity index (χ3n) is 2.58. The Bertz CT molecular complexity index is 181. The molecule has 0 N–H and O–H groups in total. The maximum atomic E-state index is 10.1. The Labute approximate surface area is 121 Å². The summed E-state index contributed by atoms with van der Waals surface area (Å²) in [5.74, 6) is -0.909. The molecule has 0 unspecified atom stereocenters. The van der Waals surface area contributed by atoms with Crippen molar-refractivity contribution in [2.75, 3.05) is 0 Å². The largest absolute Gasteiger partial charge is 0.550 e. The summed E-state index contributed by atoms with van der Waals surface area (Å²) < 4.78 is 0. The molecule has 0 heterocycles. The summed E-state index contributed by atoms with van der Waals surface area (Å²) in [6.45, 7) is 5.62.